The van der Waals surface area contributed by atoms with Crippen molar-refractivity contribution in [1.29, 1.82) is 0 Å². The quantitative estimate of drug-likeness (QED) is 0.747. The Hall–Kier alpha value is -0.960. The second kappa shape index (κ2) is 4.92. The second-order valence-corrected chi connectivity index (χ2v) is 2.99. The third-order valence-corrected chi connectivity index (χ3v) is 1.96. The Morgan fingerprint density at radius 1 is 1.77 bits per heavy atom. The van der Waals surface area contributed by atoms with Crippen LogP contribution in [0.2, 0.25) is 0 Å². The Kier molecular flexibility index (Phi) is 3.83. The molecular weight excluding hydrogens is 188 g/mol. The molecule has 0 fully saturated rings. The molecule has 0 unspecified atom stereocenters. The van der Waals surface area contributed by atoms with Gasteiger partial charge >= 0.3 is 0 Å². The Balaban J connectivity index is 2.45. The van der Waals surface area contributed by atoms with E-state index in [1.165, 1.54) is 5.54 Å². The lowest BCUT2D eigenvalue weighted by molar-refractivity contribution is 0.352. The molecule has 1 aromatic rings. The van der Waals surface area contributed by atoms with E-state index in [1.54, 1.807) is 6.20 Å². The summed E-state index contributed by atoms with van der Waals surface area (Å²) in [7, 11) is 0. The summed E-state index contributed by atoms with van der Waals surface area (Å²) < 4.78 is 7.22. The van der Waals surface area contributed by atoms with Crippen LogP contribution >= 0.6 is 11.6 Å². The fraction of sp³-hybridized carbons (Fsp3) is 0.444. The van der Waals surface area contributed by atoms with Crippen molar-refractivity contribution < 1.29 is 4.74 Å². The van der Waals surface area contributed by atoms with E-state index in [0.29, 0.717) is 6.61 Å². The minimum atomic E-state index is 0.513. The van der Waals surface area contributed by atoms with E-state index >= 15 is 0 Å². The van der Waals surface area contributed by atoms with Gasteiger partial charge in [0.2, 0.25) is 0 Å². The lowest BCUT2D eigenvalue weighted by Gasteiger charge is -2.01. The van der Waals surface area contributed by atoms with Crippen LogP contribution in [0.15, 0.2) is 23.5 Å². The largest absolute Gasteiger partial charge is 0.486 e. The molecule has 0 aliphatic carbocycles. The van der Waals surface area contributed by atoms with Crippen LogP contribution in [0.25, 0.3) is 0 Å². The molecular formula is C9H13ClN2O. The molecule has 0 spiro atoms. The maximum Gasteiger partial charge on any atom is 0.157 e. The van der Waals surface area contributed by atoms with Gasteiger partial charge in [0.25, 0.3) is 0 Å². The smallest absolute Gasteiger partial charge is 0.157 e. The average Bonchev–Trinajstić information content (AvgIpc) is 2.61. The summed E-state index contributed by atoms with van der Waals surface area (Å²) in [5.41, 5.74) is 2.51. The summed E-state index contributed by atoms with van der Waals surface area (Å²) in [5.74, 6) is 0.778. The highest BCUT2D eigenvalue weighted by molar-refractivity contribution is 6.25. The number of halogens is 1. The van der Waals surface area contributed by atoms with Crippen LogP contribution in [0.4, 0.5) is 0 Å². The van der Waals surface area contributed by atoms with Gasteiger partial charge in [-0.2, -0.15) is 5.10 Å². The van der Waals surface area contributed by atoms with Gasteiger partial charge in [0, 0.05) is 12.1 Å². The summed E-state index contributed by atoms with van der Waals surface area (Å²) >= 11 is 5.49. The maximum atomic E-state index is 5.49. The molecule has 3 nitrogen and oxygen atoms in total. The fourth-order valence-electron chi connectivity index (χ4n) is 0.821. The molecule has 0 saturated heterocycles. The zero-order chi connectivity index (χ0) is 9.68. The van der Waals surface area contributed by atoms with E-state index in [4.69, 9.17) is 16.3 Å². The Morgan fingerprint density at radius 3 is 3.08 bits per heavy atom. The number of ether oxygens (including phenoxy) is 1. The number of hydrogen-bond acceptors (Lipinski definition) is 2. The monoisotopic (exact) mass is 200 g/mol. The van der Waals surface area contributed by atoms with Crippen LogP contribution in [0.5, 0.6) is 5.75 Å². The molecule has 1 aromatic heterocycles. The predicted octanol–water partition coefficient (Wildman–Crippen LogP) is 2.42. The lowest BCUT2D eigenvalue weighted by Crippen LogP contribution is -1.97. The number of aromatic nitrogens is 2. The first kappa shape index (κ1) is 10.1. The van der Waals surface area contributed by atoms with Gasteiger partial charge in [0.05, 0.1) is 12.4 Å². The molecule has 0 aliphatic heterocycles. The molecule has 1 rings (SSSR count). The summed E-state index contributed by atoms with van der Waals surface area (Å²) in [4.78, 5) is 0. The molecule has 0 radical (unpaired) electrons. The molecule has 0 saturated carbocycles. The van der Waals surface area contributed by atoms with E-state index in [0.717, 1.165) is 17.9 Å². The predicted molar refractivity (Wildman–Crippen MR) is 53.0 cm³/mol. The van der Waals surface area contributed by atoms with Crippen LogP contribution in [0.3, 0.4) is 0 Å². The molecule has 0 aliphatic rings. The Morgan fingerprint density at radius 2 is 2.54 bits per heavy atom. The lowest BCUT2D eigenvalue weighted by atomic mass is 10.4. The summed E-state index contributed by atoms with van der Waals surface area (Å²) in [6, 6.07) is 0. The van der Waals surface area contributed by atoms with Crippen molar-refractivity contribution in [1.82, 2.24) is 9.78 Å². The standard InChI is InChI=1S/C9H13ClN2O/c1-3-12-6-9(5-11-12)13-7-8(2)4-10/h4-6H,3,7H2,1-2H3/b8-4+. The molecule has 13 heavy (non-hydrogen) atoms. The van der Waals surface area contributed by atoms with Crippen LogP contribution in [-0.2, 0) is 6.54 Å². The zero-order valence-corrected chi connectivity index (χ0v) is 8.58. The molecule has 0 amide bonds. The van der Waals surface area contributed by atoms with E-state index in [2.05, 4.69) is 5.10 Å². The molecule has 0 N–H and O–H groups in total. The molecule has 72 valence electrons. The number of hydrogen-bond donors (Lipinski definition) is 0. The van der Waals surface area contributed by atoms with Gasteiger partial charge in [0.15, 0.2) is 5.75 Å². The van der Waals surface area contributed by atoms with Crippen molar-refractivity contribution in [2.75, 3.05) is 6.61 Å². The SMILES string of the molecule is CCn1cc(OC/C(C)=C/Cl)cn1. The number of rotatable bonds is 4. The first-order chi connectivity index (χ1) is 6.26. The second-order valence-electron chi connectivity index (χ2n) is 2.78. The van der Waals surface area contributed by atoms with E-state index < -0.39 is 0 Å². The Bertz CT molecular complexity index is 294. The van der Waals surface area contributed by atoms with Crippen molar-refractivity contribution >= 4 is 11.6 Å². The number of aryl methyl sites for hydroxylation is 1. The summed E-state index contributed by atoms with van der Waals surface area (Å²) in [6.45, 7) is 5.31. The minimum Gasteiger partial charge on any atom is -0.486 e. The van der Waals surface area contributed by atoms with Crippen molar-refractivity contribution in [3.05, 3.63) is 23.5 Å². The maximum absolute atomic E-state index is 5.49. The topological polar surface area (TPSA) is 27.1 Å². The molecule has 0 aromatic carbocycles. The highest BCUT2D eigenvalue weighted by atomic mass is 35.5. The zero-order valence-electron chi connectivity index (χ0n) is 7.83. The molecule has 4 heteroatoms. The molecule has 0 atom stereocenters. The highest BCUT2D eigenvalue weighted by Gasteiger charge is 1.97. The first-order valence-corrected chi connectivity index (χ1v) is 4.61. The van der Waals surface area contributed by atoms with Crippen molar-refractivity contribution in [2.24, 2.45) is 0 Å². The minimum absolute atomic E-state index is 0.513. The Labute approximate surface area is 83.0 Å². The van der Waals surface area contributed by atoms with Gasteiger partial charge in [-0.15, -0.1) is 0 Å². The average molecular weight is 201 g/mol. The fourth-order valence-corrected chi connectivity index (χ4v) is 0.884. The normalized spacial score (nSPS) is 11.8. The van der Waals surface area contributed by atoms with Gasteiger partial charge < -0.3 is 4.74 Å². The molecule has 1 heterocycles. The third kappa shape index (κ3) is 3.11. The summed E-state index contributed by atoms with van der Waals surface area (Å²) in [5, 5.41) is 4.08. The van der Waals surface area contributed by atoms with Crippen molar-refractivity contribution in [2.45, 2.75) is 20.4 Å². The van der Waals surface area contributed by atoms with Gasteiger partial charge in [-0.3, -0.25) is 4.68 Å². The first-order valence-electron chi connectivity index (χ1n) is 4.17. The van der Waals surface area contributed by atoms with Crippen molar-refractivity contribution in [3.8, 4) is 5.75 Å². The van der Waals surface area contributed by atoms with Crippen LogP contribution in [-0.4, -0.2) is 16.4 Å². The highest BCUT2D eigenvalue weighted by Crippen LogP contribution is 2.09. The van der Waals surface area contributed by atoms with Crippen molar-refractivity contribution in [3.63, 3.8) is 0 Å². The van der Waals surface area contributed by atoms with Gasteiger partial charge in [0.1, 0.15) is 6.61 Å². The summed E-state index contributed by atoms with van der Waals surface area (Å²) in [6.07, 6.45) is 3.56. The molecule has 0 bridgehead atoms. The van der Waals surface area contributed by atoms with E-state index in [1.807, 2.05) is 24.7 Å². The number of nitrogens with zero attached hydrogens (tertiary/aromatic N) is 2. The van der Waals surface area contributed by atoms with Gasteiger partial charge in [-0.25, -0.2) is 0 Å². The van der Waals surface area contributed by atoms with Crippen LogP contribution in [0, 0.1) is 0 Å². The van der Waals surface area contributed by atoms with Crippen LogP contribution in [0.1, 0.15) is 13.8 Å². The van der Waals surface area contributed by atoms with Gasteiger partial charge in [-0.1, -0.05) is 11.6 Å². The third-order valence-electron chi connectivity index (χ3n) is 1.59. The van der Waals surface area contributed by atoms with E-state index in [-0.39, 0.29) is 0 Å². The van der Waals surface area contributed by atoms with E-state index in [9.17, 15) is 0 Å². The van der Waals surface area contributed by atoms with Gasteiger partial charge in [-0.05, 0) is 19.4 Å². The van der Waals surface area contributed by atoms with Crippen LogP contribution < -0.4 is 4.74 Å².